The van der Waals surface area contributed by atoms with Crippen molar-refractivity contribution >= 4 is 23.8 Å². The second kappa shape index (κ2) is 7.93. The summed E-state index contributed by atoms with van der Waals surface area (Å²) in [6, 6.07) is 8.12. The summed E-state index contributed by atoms with van der Waals surface area (Å²) in [5.74, 6) is 1.00. The Morgan fingerprint density at radius 1 is 1.33 bits per heavy atom. The molecule has 0 saturated carbocycles. The van der Waals surface area contributed by atoms with Crippen molar-refractivity contribution in [3.05, 3.63) is 35.9 Å². The quantitative estimate of drug-likeness (QED) is 0.776. The van der Waals surface area contributed by atoms with Crippen LogP contribution < -0.4 is 10.6 Å². The third-order valence-corrected chi connectivity index (χ3v) is 4.60. The Kier molecular flexibility index (Phi) is 5.92. The summed E-state index contributed by atoms with van der Waals surface area (Å²) in [4.78, 5) is 23.2. The van der Waals surface area contributed by atoms with E-state index in [1.54, 1.807) is 0 Å². The van der Waals surface area contributed by atoms with Gasteiger partial charge in [0, 0.05) is 18.2 Å². The molecule has 0 aliphatic carbocycles. The first kappa shape index (κ1) is 15.7. The second-order valence-electron chi connectivity index (χ2n) is 5.11. The third kappa shape index (κ3) is 5.30. The van der Waals surface area contributed by atoms with E-state index in [9.17, 15) is 14.7 Å². The van der Waals surface area contributed by atoms with Crippen LogP contribution in [-0.2, 0) is 11.2 Å². The van der Waals surface area contributed by atoms with Crippen LogP contribution in [0.25, 0.3) is 0 Å². The predicted molar refractivity (Wildman–Crippen MR) is 83.6 cm³/mol. The highest BCUT2D eigenvalue weighted by Gasteiger charge is 2.22. The summed E-state index contributed by atoms with van der Waals surface area (Å²) < 4.78 is 0. The molecule has 1 aliphatic heterocycles. The zero-order valence-electron chi connectivity index (χ0n) is 11.7. The lowest BCUT2D eigenvalue weighted by atomic mass is 10.1. The van der Waals surface area contributed by atoms with Crippen LogP contribution in [0.15, 0.2) is 30.3 Å². The number of benzene rings is 1. The summed E-state index contributed by atoms with van der Waals surface area (Å²) in [6.45, 7) is 0. The minimum Gasteiger partial charge on any atom is -0.480 e. The van der Waals surface area contributed by atoms with Gasteiger partial charge in [0.15, 0.2) is 0 Å². The Hall–Kier alpha value is -1.69. The van der Waals surface area contributed by atoms with E-state index in [1.807, 2.05) is 42.1 Å². The van der Waals surface area contributed by atoms with E-state index in [-0.39, 0.29) is 12.5 Å². The number of aliphatic carboxylic acids is 1. The third-order valence-electron chi connectivity index (χ3n) is 3.38. The average Bonchev–Trinajstić information content (AvgIpc) is 2.48. The fourth-order valence-corrected chi connectivity index (χ4v) is 3.36. The lowest BCUT2D eigenvalue weighted by molar-refractivity contribution is -0.139. The summed E-state index contributed by atoms with van der Waals surface area (Å²) >= 11 is 1.81. The van der Waals surface area contributed by atoms with E-state index in [1.165, 1.54) is 0 Å². The molecule has 1 fully saturated rings. The van der Waals surface area contributed by atoms with E-state index in [0.717, 1.165) is 29.9 Å². The molecule has 1 aliphatic rings. The molecule has 1 aromatic rings. The Morgan fingerprint density at radius 2 is 2.10 bits per heavy atom. The highest BCUT2D eigenvalue weighted by molar-refractivity contribution is 7.99. The number of carboxylic acids is 1. The van der Waals surface area contributed by atoms with Gasteiger partial charge >= 0.3 is 12.0 Å². The average molecular weight is 308 g/mol. The molecule has 3 N–H and O–H groups in total. The molecule has 1 saturated heterocycles. The molecule has 5 nitrogen and oxygen atoms in total. The zero-order chi connectivity index (χ0) is 15.1. The fourth-order valence-electron chi connectivity index (χ4n) is 2.29. The van der Waals surface area contributed by atoms with Crippen LogP contribution in [0.3, 0.4) is 0 Å². The van der Waals surface area contributed by atoms with Gasteiger partial charge in [-0.25, -0.2) is 9.59 Å². The van der Waals surface area contributed by atoms with Gasteiger partial charge in [-0.3, -0.25) is 0 Å². The predicted octanol–water partition coefficient (Wildman–Crippen LogP) is 1.88. The topological polar surface area (TPSA) is 78.4 Å². The number of rotatable bonds is 5. The zero-order valence-corrected chi connectivity index (χ0v) is 12.6. The largest absolute Gasteiger partial charge is 0.480 e. The van der Waals surface area contributed by atoms with Crippen LogP contribution in [0, 0.1) is 0 Å². The molecular weight excluding hydrogens is 288 g/mol. The minimum absolute atomic E-state index is 0.134. The number of urea groups is 1. The number of carbonyl (C=O) groups excluding carboxylic acids is 1. The molecule has 114 valence electrons. The van der Waals surface area contributed by atoms with E-state index < -0.39 is 18.0 Å². The molecule has 1 unspecified atom stereocenters. The monoisotopic (exact) mass is 308 g/mol. The van der Waals surface area contributed by atoms with Gasteiger partial charge in [0.1, 0.15) is 6.04 Å². The first-order chi connectivity index (χ1) is 10.1. The van der Waals surface area contributed by atoms with Crippen molar-refractivity contribution in [1.82, 2.24) is 10.6 Å². The molecule has 6 heteroatoms. The molecule has 0 bridgehead atoms. The Balaban J connectivity index is 1.86. The number of amides is 2. The number of carbonyl (C=O) groups is 2. The highest BCUT2D eigenvalue weighted by Crippen LogP contribution is 2.16. The Bertz CT molecular complexity index is 475. The summed E-state index contributed by atoms with van der Waals surface area (Å²) in [6.07, 6.45) is 2.32. The van der Waals surface area contributed by atoms with Crippen molar-refractivity contribution in [2.75, 3.05) is 11.5 Å². The SMILES string of the molecule is O=C(NC1CCCSC1)N[C@H](Cc1ccccc1)C(=O)O. The van der Waals surface area contributed by atoms with Crippen LogP contribution >= 0.6 is 11.8 Å². The molecule has 0 spiro atoms. The van der Waals surface area contributed by atoms with Gasteiger partial charge in [-0.05, 0) is 24.2 Å². The van der Waals surface area contributed by atoms with Gasteiger partial charge in [-0.15, -0.1) is 0 Å². The molecule has 1 aromatic carbocycles. The smallest absolute Gasteiger partial charge is 0.326 e. The molecule has 21 heavy (non-hydrogen) atoms. The maximum Gasteiger partial charge on any atom is 0.326 e. The Labute approximate surface area is 128 Å². The minimum atomic E-state index is -1.02. The first-order valence-corrected chi connectivity index (χ1v) is 8.22. The summed E-state index contributed by atoms with van der Waals surface area (Å²) in [5.41, 5.74) is 0.887. The number of hydrogen-bond donors (Lipinski definition) is 3. The van der Waals surface area contributed by atoms with E-state index >= 15 is 0 Å². The molecular formula is C15H20N2O3S. The number of nitrogens with one attached hydrogen (secondary N) is 2. The van der Waals surface area contributed by atoms with Gasteiger partial charge in [0.05, 0.1) is 0 Å². The maximum absolute atomic E-state index is 11.9. The normalized spacial score (nSPS) is 19.5. The molecule has 2 rings (SSSR count). The standard InChI is InChI=1S/C15H20N2O3S/c18-14(19)13(9-11-5-2-1-3-6-11)17-15(20)16-12-7-4-8-21-10-12/h1-3,5-6,12-13H,4,7-10H2,(H,18,19)(H2,16,17,20)/t12?,13-/m1/s1. The van der Waals surface area contributed by atoms with Crippen LogP contribution in [0.2, 0.25) is 0 Å². The van der Waals surface area contributed by atoms with Gasteiger partial charge in [0.25, 0.3) is 0 Å². The lowest BCUT2D eigenvalue weighted by Crippen LogP contribution is -2.50. The molecule has 0 radical (unpaired) electrons. The van der Waals surface area contributed by atoms with Crippen molar-refractivity contribution in [3.63, 3.8) is 0 Å². The fraction of sp³-hybridized carbons (Fsp3) is 0.467. The van der Waals surface area contributed by atoms with Crippen molar-refractivity contribution in [1.29, 1.82) is 0 Å². The van der Waals surface area contributed by atoms with Gasteiger partial charge in [-0.1, -0.05) is 30.3 Å². The van der Waals surface area contributed by atoms with Gasteiger partial charge < -0.3 is 15.7 Å². The number of hydrogen-bond acceptors (Lipinski definition) is 3. The van der Waals surface area contributed by atoms with Crippen LogP contribution in [-0.4, -0.2) is 40.7 Å². The number of carboxylic acid groups (broad SMARTS) is 1. The van der Waals surface area contributed by atoms with E-state index in [0.29, 0.717) is 0 Å². The molecule has 0 aromatic heterocycles. The van der Waals surface area contributed by atoms with Gasteiger partial charge in [-0.2, -0.15) is 11.8 Å². The van der Waals surface area contributed by atoms with Crippen molar-refractivity contribution in [2.24, 2.45) is 0 Å². The molecule has 2 atom stereocenters. The van der Waals surface area contributed by atoms with Gasteiger partial charge in [0.2, 0.25) is 0 Å². The summed E-state index contributed by atoms with van der Waals surface area (Å²) in [7, 11) is 0. The van der Waals surface area contributed by atoms with Crippen molar-refractivity contribution in [2.45, 2.75) is 31.3 Å². The van der Waals surface area contributed by atoms with Crippen molar-refractivity contribution < 1.29 is 14.7 Å². The maximum atomic E-state index is 11.9. The summed E-state index contributed by atoms with van der Waals surface area (Å²) in [5, 5.41) is 14.7. The number of thioether (sulfide) groups is 1. The first-order valence-electron chi connectivity index (χ1n) is 7.06. The van der Waals surface area contributed by atoms with Crippen LogP contribution in [0.5, 0.6) is 0 Å². The van der Waals surface area contributed by atoms with E-state index in [2.05, 4.69) is 10.6 Å². The van der Waals surface area contributed by atoms with Crippen LogP contribution in [0.4, 0.5) is 4.79 Å². The Morgan fingerprint density at radius 3 is 2.71 bits per heavy atom. The molecule has 2 amide bonds. The van der Waals surface area contributed by atoms with Crippen LogP contribution in [0.1, 0.15) is 18.4 Å². The van der Waals surface area contributed by atoms with E-state index in [4.69, 9.17) is 0 Å². The van der Waals surface area contributed by atoms with Crippen molar-refractivity contribution in [3.8, 4) is 0 Å². The molecule has 1 heterocycles. The second-order valence-corrected chi connectivity index (χ2v) is 6.26. The highest BCUT2D eigenvalue weighted by atomic mass is 32.2. The lowest BCUT2D eigenvalue weighted by Gasteiger charge is -2.24.